The van der Waals surface area contributed by atoms with Gasteiger partial charge in [0.05, 0.1) is 17.8 Å². The van der Waals surface area contributed by atoms with Gasteiger partial charge in [-0.1, -0.05) is 74.0 Å². The highest BCUT2D eigenvalue weighted by Gasteiger charge is 2.29. The number of aromatic nitrogens is 2. The molecule has 0 N–H and O–H groups in total. The van der Waals surface area contributed by atoms with Crippen LogP contribution in [0.1, 0.15) is 42.8 Å². The molecular weight excluding hydrogens is 611 g/mol. The van der Waals surface area contributed by atoms with Gasteiger partial charge >= 0.3 is 0 Å². The lowest BCUT2D eigenvalue weighted by molar-refractivity contribution is -0.122. The number of halogens is 2. The largest absolute Gasteiger partial charge is 0.487 e. The standard InChI is InChI=1S/C36H34Cl2N2O3S/c1-3-32(36(38)41)42-18-17-31-35-34-29(19-23(2)44-35)33(16-15-30(34)40(31)21-24-9-12-27(37)13-10-24)43-22-28-14-11-26(20-39-28)25-7-5-4-6-8-25/h4-16,20,23,32H,3,17-19,21-22H2,1-2H3. The van der Waals surface area contributed by atoms with Crippen LogP contribution in [0.5, 0.6) is 5.75 Å². The van der Waals surface area contributed by atoms with Crippen molar-refractivity contribution in [2.75, 3.05) is 6.61 Å². The number of rotatable bonds is 12. The predicted octanol–water partition coefficient (Wildman–Crippen LogP) is 9.12. The Hall–Kier alpha value is -3.29. The van der Waals surface area contributed by atoms with Gasteiger partial charge in [0, 0.05) is 56.5 Å². The van der Waals surface area contributed by atoms with Crippen molar-refractivity contribution in [2.24, 2.45) is 0 Å². The minimum atomic E-state index is -0.598. The summed E-state index contributed by atoms with van der Waals surface area (Å²) in [4.78, 5) is 17.7. The average Bonchev–Trinajstić information content (AvgIpc) is 3.32. The number of ether oxygens (including phenoxy) is 2. The monoisotopic (exact) mass is 644 g/mol. The Morgan fingerprint density at radius 1 is 1.05 bits per heavy atom. The van der Waals surface area contributed by atoms with E-state index in [2.05, 4.69) is 58.9 Å². The van der Waals surface area contributed by atoms with Crippen LogP contribution < -0.4 is 4.74 Å². The van der Waals surface area contributed by atoms with E-state index in [0.29, 0.717) is 42.9 Å². The molecule has 1 aliphatic heterocycles. The van der Waals surface area contributed by atoms with E-state index in [1.54, 1.807) is 0 Å². The van der Waals surface area contributed by atoms with Crippen LogP contribution in [0, 0.1) is 0 Å². The highest BCUT2D eigenvalue weighted by atomic mass is 35.5. The minimum Gasteiger partial charge on any atom is -0.487 e. The van der Waals surface area contributed by atoms with Gasteiger partial charge in [0.15, 0.2) is 0 Å². The molecule has 1 aliphatic rings. The van der Waals surface area contributed by atoms with Crippen molar-refractivity contribution in [3.05, 3.63) is 113 Å². The summed E-state index contributed by atoms with van der Waals surface area (Å²) in [5.41, 5.74) is 7.85. The molecule has 6 rings (SSSR count). The van der Waals surface area contributed by atoms with E-state index >= 15 is 0 Å². The summed E-state index contributed by atoms with van der Waals surface area (Å²) in [6.07, 6.45) is 3.42. The van der Waals surface area contributed by atoms with Gasteiger partial charge in [-0.05, 0) is 65.9 Å². The quantitative estimate of drug-likeness (QED) is 0.127. The van der Waals surface area contributed by atoms with Crippen LogP contribution in [0.3, 0.4) is 0 Å². The molecule has 5 nitrogen and oxygen atoms in total. The number of carbonyl (C=O) groups excluding carboxylic acids is 1. The van der Waals surface area contributed by atoms with Gasteiger partial charge < -0.3 is 14.0 Å². The zero-order valence-corrected chi connectivity index (χ0v) is 27.1. The molecule has 44 heavy (non-hydrogen) atoms. The third-order valence-corrected chi connectivity index (χ3v) is 9.75. The maximum Gasteiger partial charge on any atom is 0.250 e. The molecule has 0 saturated carbocycles. The van der Waals surface area contributed by atoms with Gasteiger partial charge in [0.1, 0.15) is 18.5 Å². The molecule has 0 amide bonds. The third-order valence-electron chi connectivity index (χ3n) is 8.01. The predicted molar refractivity (Wildman–Crippen MR) is 180 cm³/mol. The Morgan fingerprint density at radius 3 is 2.55 bits per heavy atom. The lowest BCUT2D eigenvalue weighted by Crippen LogP contribution is -2.21. The second-order valence-electron chi connectivity index (χ2n) is 11.1. The van der Waals surface area contributed by atoms with Crippen LogP contribution in [-0.2, 0) is 35.5 Å². The van der Waals surface area contributed by atoms with Gasteiger partial charge in [0.2, 0.25) is 5.24 Å². The number of hydrogen-bond acceptors (Lipinski definition) is 5. The summed E-state index contributed by atoms with van der Waals surface area (Å²) in [6.45, 7) is 5.66. The van der Waals surface area contributed by atoms with E-state index in [1.165, 1.54) is 21.5 Å². The molecular formula is C36H34Cl2N2O3S. The van der Waals surface area contributed by atoms with Crippen LogP contribution in [0.15, 0.2) is 90.0 Å². The molecule has 2 atom stereocenters. The molecule has 0 saturated heterocycles. The molecule has 5 aromatic rings. The van der Waals surface area contributed by atoms with E-state index in [-0.39, 0.29) is 0 Å². The summed E-state index contributed by atoms with van der Waals surface area (Å²) in [5, 5.41) is 1.87. The van der Waals surface area contributed by atoms with Gasteiger partial charge in [-0.3, -0.25) is 9.78 Å². The molecule has 0 bridgehead atoms. The number of benzene rings is 3. The second kappa shape index (κ2) is 13.8. The normalized spacial score (nSPS) is 15.0. The smallest absolute Gasteiger partial charge is 0.250 e. The van der Waals surface area contributed by atoms with Crippen molar-refractivity contribution in [3.63, 3.8) is 0 Å². The summed E-state index contributed by atoms with van der Waals surface area (Å²) in [7, 11) is 0. The minimum absolute atomic E-state index is 0.373. The van der Waals surface area contributed by atoms with E-state index in [1.807, 2.05) is 61.3 Å². The fraction of sp³-hybridized carbons (Fsp3) is 0.278. The lowest BCUT2D eigenvalue weighted by Gasteiger charge is -2.22. The summed E-state index contributed by atoms with van der Waals surface area (Å²) >= 11 is 13.9. The maximum atomic E-state index is 11.8. The van der Waals surface area contributed by atoms with Crippen molar-refractivity contribution in [2.45, 2.75) is 62.5 Å². The topological polar surface area (TPSA) is 53.4 Å². The molecule has 0 radical (unpaired) electrons. The molecule has 0 fully saturated rings. The Labute approximate surface area is 272 Å². The highest BCUT2D eigenvalue weighted by Crippen LogP contribution is 2.47. The molecule has 8 heteroatoms. The van der Waals surface area contributed by atoms with Gasteiger partial charge in [-0.25, -0.2) is 0 Å². The molecule has 3 aromatic carbocycles. The fourth-order valence-electron chi connectivity index (χ4n) is 5.81. The average molecular weight is 646 g/mol. The third kappa shape index (κ3) is 6.69. The van der Waals surface area contributed by atoms with Crippen LogP contribution in [0.2, 0.25) is 5.02 Å². The fourth-order valence-corrected chi connectivity index (χ4v) is 7.50. The van der Waals surface area contributed by atoms with E-state index in [4.69, 9.17) is 32.7 Å². The molecule has 0 aliphatic carbocycles. The van der Waals surface area contributed by atoms with Crippen LogP contribution in [-0.4, -0.2) is 32.8 Å². The molecule has 3 heterocycles. The Kier molecular flexibility index (Phi) is 9.62. The number of carbonyl (C=O) groups is 1. The maximum absolute atomic E-state index is 11.8. The zero-order valence-electron chi connectivity index (χ0n) is 24.8. The van der Waals surface area contributed by atoms with Crippen LogP contribution in [0.4, 0.5) is 0 Å². The van der Waals surface area contributed by atoms with E-state index < -0.39 is 11.3 Å². The first-order valence-electron chi connectivity index (χ1n) is 14.9. The van der Waals surface area contributed by atoms with Gasteiger partial charge in [0.25, 0.3) is 0 Å². The Balaban J connectivity index is 1.32. The second-order valence-corrected chi connectivity index (χ2v) is 13.3. The molecule has 2 aromatic heterocycles. The highest BCUT2D eigenvalue weighted by molar-refractivity contribution is 8.00. The number of nitrogens with zero attached hydrogens (tertiary/aromatic N) is 2. The molecule has 0 spiro atoms. The van der Waals surface area contributed by atoms with Crippen molar-refractivity contribution < 1.29 is 14.3 Å². The first-order chi connectivity index (χ1) is 21.4. The van der Waals surface area contributed by atoms with Crippen molar-refractivity contribution in [1.82, 2.24) is 9.55 Å². The molecule has 2 unspecified atom stereocenters. The van der Waals surface area contributed by atoms with Crippen LogP contribution in [0.25, 0.3) is 22.0 Å². The SMILES string of the molecule is CCC(OCCc1c2c3c(c(OCc4ccc(-c5ccccc5)cn4)ccc3n1Cc1ccc(Cl)cc1)CC(C)S2)C(=O)Cl. The first-order valence-corrected chi connectivity index (χ1v) is 16.6. The summed E-state index contributed by atoms with van der Waals surface area (Å²) in [6, 6.07) is 26.6. The summed E-state index contributed by atoms with van der Waals surface area (Å²) < 4.78 is 14.8. The number of thioether (sulfide) groups is 1. The van der Waals surface area contributed by atoms with Crippen molar-refractivity contribution >= 4 is 51.1 Å². The van der Waals surface area contributed by atoms with Crippen LogP contribution >= 0.6 is 35.0 Å². The lowest BCUT2D eigenvalue weighted by atomic mass is 10.0. The van der Waals surface area contributed by atoms with E-state index in [0.717, 1.165) is 40.1 Å². The van der Waals surface area contributed by atoms with Gasteiger partial charge in [-0.15, -0.1) is 11.8 Å². The van der Waals surface area contributed by atoms with E-state index in [9.17, 15) is 4.79 Å². The number of hydrogen-bond donors (Lipinski definition) is 0. The van der Waals surface area contributed by atoms with Crippen molar-refractivity contribution in [1.29, 1.82) is 0 Å². The molecule has 226 valence electrons. The first kappa shape index (κ1) is 30.7. The Bertz CT molecular complexity index is 1760. The summed E-state index contributed by atoms with van der Waals surface area (Å²) in [5.74, 6) is 0.894. The van der Waals surface area contributed by atoms with Crippen molar-refractivity contribution in [3.8, 4) is 16.9 Å². The zero-order chi connectivity index (χ0) is 30.6. The Morgan fingerprint density at radius 2 is 1.84 bits per heavy atom. The number of pyridine rings is 1. The van der Waals surface area contributed by atoms with Gasteiger partial charge in [-0.2, -0.15) is 0 Å².